The van der Waals surface area contributed by atoms with Crippen molar-refractivity contribution in [1.82, 2.24) is 0 Å². The van der Waals surface area contributed by atoms with E-state index in [0.29, 0.717) is 10.4 Å². The van der Waals surface area contributed by atoms with Crippen molar-refractivity contribution >= 4 is 49.0 Å². The number of hydrogen-bond donors (Lipinski definition) is 0. The highest BCUT2D eigenvalue weighted by atomic mass is 79.9. The van der Waals surface area contributed by atoms with E-state index in [2.05, 4.69) is 15.9 Å². The van der Waals surface area contributed by atoms with Gasteiger partial charge in [-0.1, -0.05) is 39.1 Å². The van der Waals surface area contributed by atoms with Gasteiger partial charge in [0.15, 0.2) is 9.84 Å². The Morgan fingerprint density at radius 1 is 1.21 bits per heavy atom. The minimum Gasteiger partial charge on any atom is -0.224 e. The second-order valence-corrected chi connectivity index (χ2v) is 6.30. The summed E-state index contributed by atoms with van der Waals surface area (Å²) < 4.78 is 23.1. The number of alkyl halides is 1. The van der Waals surface area contributed by atoms with Crippen LogP contribution >= 0.6 is 39.1 Å². The van der Waals surface area contributed by atoms with E-state index in [1.807, 2.05) is 0 Å². The molecule has 0 aliphatic rings. The zero-order valence-corrected chi connectivity index (χ0v) is 10.9. The van der Waals surface area contributed by atoms with E-state index >= 15 is 0 Å². The maximum absolute atomic E-state index is 11.6. The lowest BCUT2D eigenvalue weighted by Crippen LogP contribution is -2.07. The van der Waals surface area contributed by atoms with Gasteiger partial charge in [0.2, 0.25) is 0 Å². The van der Waals surface area contributed by atoms with Crippen molar-refractivity contribution in [3.05, 3.63) is 28.2 Å². The molecule has 6 heteroatoms. The maximum Gasteiger partial charge on any atom is 0.179 e. The Kier molecular flexibility index (Phi) is 4.25. The lowest BCUT2D eigenvalue weighted by atomic mass is 10.4. The first kappa shape index (κ1) is 12.3. The molecule has 0 bridgehead atoms. The maximum atomic E-state index is 11.6. The van der Waals surface area contributed by atoms with E-state index in [1.54, 1.807) is 0 Å². The van der Waals surface area contributed by atoms with Crippen molar-refractivity contribution in [2.75, 3.05) is 11.1 Å². The molecule has 0 aliphatic heterocycles. The van der Waals surface area contributed by atoms with Gasteiger partial charge in [-0.05, 0) is 18.2 Å². The van der Waals surface area contributed by atoms with Crippen molar-refractivity contribution in [2.45, 2.75) is 4.90 Å². The van der Waals surface area contributed by atoms with Crippen LogP contribution in [0.1, 0.15) is 0 Å². The molecule has 1 rings (SSSR count). The molecule has 1 aromatic carbocycles. The zero-order valence-electron chi connectivity index (χ0n) is 7.00. The van der Waals surface area contributed by atoms with E-state index in [4.69, 9.17) is 23.2 Å². The Bertz CT molecular complexity index is 431. The third-order valence-corrected chi connectivity index (χ3v) is 4.97. The third-order valence-electron chi connectivity index (χ3n) is 1.60. The highest BCUT2D eigenvalue weighted by Crippen LogP contribution is 2.25. The highest BCUT2D eigenvalue weighted by molar-refractivity contribution is 9.09. The lowest BCUT2D eigenvalue weighted by molar-refractivity contribution is 0.597. The summed E-state index contributed by atoms with van der Waals surface area (Å²) in [6.07, 6.45) is 0. The molecule has 0 spiro atoms. The summed E-state index contributed by atoms with van der Waals surface area (Å²) in [6.45, 7) is 0. The van der Waals surface area contributed by atoms with Crippen LogP contribution in [0.4, 0.5) is 0 Å². The average molecular weight is 318 g/mol. The first-order valence-corrected chi connectivity index (χ1v) is 7.24. The molecular weight excluding hydrogens is 311 g/mol. The van der Waals surface area contributed by atoms with Crippen LogP contribution in [0.5, 0.6) is 0 Å². The molecule has 14 heavy (non-hydrogen) atoms. The molecule has 0 N–H and O–H groups in total. The van der Waals surface area contributed by atoms with Crippen molar-refractivity contribution in [2.24, 2.45) is 0 Å². The minimum absolute atomic E-state index is 0.0466. The second-order valence-electron chi connectivity index (χ2n) is 2.58. The van der Waals surface area contributed by atoms with Crippen molar-refractivity contribution < 1.29 is 8.42 Å². The topological polar surface area (TPSA) is 34.1 Å². The highest BCUT2D eigenvalue weighted by Gasteiger charge is 2.14. The number of benzene rings is 1. The normalized spacial score (nSPS) is 11.6. The van der Waals surface area contributed by atoms with E-state index in [1.165, 1.54) is 18.2 Å². The van der Waals surface area contributed by atoms with Crippen molar-refractivity contribution in [3.63, 3.8) is 0 Å². The van der Waals surface area contributed by atoms with Crippen LogP contribution in [0.3, 0.4) is 0 Å². The van der Waals surface area contributed by atoms with E-state index < -0.39 is 9.84 Å². The smallest absolute Gasteiger partial charge is 0.179 e. The number of halogens is 3. The first-order valence-electron chi connectivity index (χ1n) is 3.71. The second kappa shape index (κ2) is 4.84. The molecule has 0 aliphatic carbocycles. The Morgan fingerprint density at radius 3 is 2.36 bits per heavy atom. The summed E-state index contributed by atoms with van der Waals surface area (Å²) in [6, 6.07) is 4.29. The predicted molar refractivity (Wildman–Crippen MR) is 62.3 cm³/mol. The van der Waals surface area contributed by atoms with Crippen LogP contribution in [0.15, 0.2) is 23.1 Å². The summed E-state index contributed by atoms with van der Waals surface area (Å²) in [7, 11) is -3.24. The third kappa shape index (κ3) is 2.86. The molecule has 0 radical (unpaired) electrons. The Hall–Kier alpha value is 0.230. The molecule has 0 aromatic heterocycles. The molecule has 78 valence electrons. The first-order chi connectivity index (χ1) is 6.47. The minimum atomic E-state index is -3.24. The fraction of sp³-hybridized carbons (Fsp3) is 0.250. The number of sulfone groups is 1. The molecule has 0 unspecified atom stereocenters. The SMILES string of the molecule is O=S(=O)(CCBr)c1ccc(Cl)c(Cl)c1. The van der Waals surface area contributed by atoms with E-state index in [0.717, 1.165) is 0 Å². The average Bonchev–Trinajstić information content (AvgIpc) is 2.09. The van der Waals surface area contributed by atoms with Crippen LogP contribution in [0.25, 0.3) is 0 Å². The van der Waals surface area contributed by atoms with Gasteiger partial charge in [-0.15, -0.1) is 0 Å². The van der Waals surface area contributed by atoms with Crippen LogP contribution in [0.2, 0.25) is 10.0 Å². The Balaban J connectivity index is 3.15. The van der Waals surface area contributed by atoms with Crippen molar-refractivity contribution in [3.8, 4) is 0 Å². The van der Waals surface area contributed by atoms with Gasteiger partial charge < -0.3 is 0 Å². The van der Waals surface area contributed by atoms with Crippen LogP contribution < -0.4 is 0 Å². The molecule has 2 nitrogen and oxygen atoms in total. The lowest BCUT2D eigenvalue weighted by Gasteiger charge is -2.03. The Morgan fingerprint density at radius 2 is 1.86 bits per heavy atom. The molecule has 0 heterocycles. The van der Waals surface area contributed by atoms with Gasteiger partial charge in [0.25, 0.3) is 0 Å². The summed E-state index contributed by atoms with van der Waals surface area (Å²) in [5.74, 6) is 0.0466. The van der Waals surface area contributed by atoms with Crippen molar-refractivity contribution in [1.29, 1.82) is 0 Å². The molecule has 1 aromatic rings. The molecule has 0 atom stereocenters. The van der Waals surface area contributed by atoms with Gasteiger partial charge in [0, 0.05) is 5.33 Å². The molecule has 0 saturated heterocycles. The van der Waals surface area contributed by atoms with Crippen LogP contribution in [0, 0.1) is 0 Å². The number of rotatable bonds is 3. The van der Waals surface area contributed by atoms with Gasteiger partial charge >= 0.3 is 0 Å². The fourth-order valence-corrected chi connectivity index (χ4v) is 3.54. The summed E-state index contributed by atoms with van der Waals surface area (Å²) in [4.78, 5) is 0.200. The zero-order chi connectivity index (χ0) is 10.8. The van der Waals surface area contributed by atoms with E-state index in [9.17, 15) is 8.42 Å². The molecular formula is C8H7BrCl2O2S. The van der Waals surface area contributed by atoms with Crippen LogP contribution in [-0.4, -0.2) is 19.5 Å². The van der Waals surface area contributed by atoms with Gasteiger partial charge in [-0.25, -0.2) is 8.42 Å². The molecule has 0 fully saturated rings. The molecule has 0 saturated carbocycles. The van der Waals surface area contributed by atoms with Gasteiger partial charge in [0.05, 0.1) is 20.7 Å². The van der Waals surface area contributed by atoms with Gasteiger partial charge in [-0.2, -0.15) is 0 Å². The largest absolute Gasteiger partial charge is 0.224 e. The summed E-state index contributed by atoms with van der Waals surface area (Å²) >= 11 is 14.5. The van der Waals surface area contributed by atoms with Crippen LogP contribution in [-0.2, 0) is 9.84 Å². The molecule has 0 amide bonds. The number of hydrogen-bond acceptors (Lipinski definition) is 2. The fourth-order valence-electron chi connectivity index (χ4n) is 0.890. The summed E-state index contributed by atoms with van der Waals surface area (Å²) in [5.41, 5.74) is 0. The summed E-state index contributed by atoms with van der Waals surface area (Å²) in [5, 5.41) is 1.00. The quantitative estimate of drug-likeness (QED) is 0.802. The van der Waals surface area contributed by atoms with E-state index in [-0.39, 0.29) is 15.7 Å². The monoisotopic (exact) mass is 316 g/mol. The predicted octanol–water partition coefficient (Wildman–Crippen LogP) is 3.16. The standard InChI is InChI=1S/C8H7BrCl2O2S/c9-3-4-14(12,13)6-1-2-7(10)8(11)5-6/h1-2,5H,3-4H2. The Labute approximate surface area is 101 Å². The van der Waals surface area contributed by atoms with Gasteiger partial charge in [-0.3, -0.25) is 0 Å². The van der Waals surface area contributed by atoms with Gasteiger partial charge in [0.1, 0.15) is 0 Å².